The van der Waals surface area contributed by atoms with E-state index in [0.29, 0.717) is 5.56 Å². The molecule has 0 saturated carbocycles. The van der Waals surface area contributed by atoms with Crippen molar-refractivity contribution < 1.29 is 4.79 Å². The lowest BCUT2D eigenvalue weighted by Gasteiger charge is -2.06. The molecule has 0 aromatic heterocycles. The number of nitrogens with zero attached hydrogens (tertiary/aromatic N) is 1. The Labute approximate surface area is 107 Å². The lowest BCUT2D eigenvalue weighted by Crippen LogP contribution is -2.27. The van der Waals surface area contributed by atoms with E-state index >= 15 is 0 Å². The van der Waals surface area contributed by atoms with Crippen molar-refractivity contribution in [2.24, 2.45) is 4.99 Å². The van der Waals surface area contributed by atoms with Crippen LogP contribution in [0.4, 0.5) is 0 Å². The van der Waals surface area contributed by atoms with Crippen molar-refractivity contribution in [2.75, 3.05) is 12.3 Å². The Kier molecular flexibility index (Phi) is 3.66. The van der Waals surface area contributed by atoms with E-state index in [1.165, 1.54) is 0 Å². The lowest BCUT2D eigenvalue weighted by atomic mass is 10.1. The molecule has 16 heavy (non-hydrogen) atoms. The largest absolute Gasteiger partial charge is 0.301 e. The number of hydrogen-bond acceptors (Lipinski definition) is 3. The van der Waals surface area contributed by atoms with E-state index in [4.69, 9.17) is 0 Å². The van der Waals surface area contributed by atoms with E-state index in [-0.39, 0.29) is 5.91 Å². The SMILES string of the molecule is Cc1cc(Br)ccc1C(=O)NC1=NCCS1. The van der Waals surface area contributed by atoms with Crippen LogP contribution >= 0.6 is 27.7 Å². The third kappa shape index (κ3) is 2.65. The van der Waals surface area contributed by atoms with Gasteiger partial charge in [-0.05, 0) is 30.7 Å². The number of benzene rings is 1. The first-order valence-electron chi connectivity index (χ1n) is 4.91. The van der Waals surface area contributed by atoms with Gasteiger partial charge in [0, 0.05) is 15.8 Å². The highest BCUT2D eigenvalue weighted by Gasteiger charge is 2.14. The monoisotopic (exact) mass is 298 g/mol. The molecular weight excluding hydrogens is 288 g/mol. The molecule has 1 heterocycles. The van der Waals surface area contributed by atoms with Crippen LogP contribution in [0.25, 0.3) is 0 Å². The quantitative estimate of drug-likeness (QED) is 0.866. The van der Waals surface area contributed by atoms with Crippen molar-refractivity contribution >= 4 is 38.8 Å². The number of carbonyl (C=O) groups is 1. The molecule has 0 fully saturated rings. The predicted octanol–water partition coefficient (Wildman–Crippen LogP) is 2.59. The third-order valence-corrected chi connectivity index (χ3v) is 3.62. The number of nitrogens with one attached hydrogen (secondary N) is 1. The highest BCUT2D eigenvalue weighted by molar-refractivity contribution is 9.10. The molecule has 2 rings (SSSR count). The van der Waals surface area contributed by atoms with Crippen molar-refractivity contribution in [2.45, 2.75) is 6.92 Å². The third-order valence-electron chi connectivity index (χ3n) is 2.24. The van der Waals surface area contributed by atoms with Gasteiger partial charge in [-0.1, -0.05) is 27.7 Å². The summed E-state index contributed by atoms with van der Waals surface area (Å²) >= 11 is 4.96. The average molecular weight is 299 g/mol. The number of halogens is 1. The summed E-state index contributed by atoms with van der Waals surface area (Å²) in [7, 11) is 0. The second kappa shape index (κ2) is 5.01. The first-order chi connectivity index (χ1) is 7.66. The fourth-order valence-corrected chi connectivity index (χ4v) is 2.66. The molecule has 1 N–H and O–H groups in total. The van der Waals surface area contributed by atoms with E-state index < -0.39 is 0 Å². The molecule has 84 valence electrons. The van der Waals surface area contributed by atoms with Crippen LogP contribution in [-0.2, 0) is 0 Å². The van der Waals surface area contributed by atoms with Crippen LogP contribution in [0.15, 0.2) is 27.7 Å². The standard InChI is InChI=1S/C11H11BrN2OS/c1-7-6-8(12)2-3-9(7)10(15)14-11-13-4-5-16-11/h2-3,6H,4-5H2,1H3,(H,13,14,15). The Bertz CT molecular complexity index is 459. The highest BCUT2D eigenvalue weighted by Crippen LogP contribution is 2.16. The first kappa shape index (κ1) is 11.7. The Morgan fingerprint density at radius 3 is 3.00 bits per heavy atom. The van der Waals surface area contributed by atoms with Crippen LogP contribution in [0, 0.1) is 6.92 Å². The topological polar surface area (TPSA) is 41.5 Å². The van der Waals surface area contributed by atoms with Gasteiger partial charge in [-0.2, -0.15) is 0 Å². The minimum Gasteiger partial charge on any atom is -0.301 e. The van der Waals surface area contributed by atoms with Crippen molar-refractivity contribution in [3.63, 3.8) is 0 Å². The Hall–Kier alpha value is -0.810. The maximum absolute atomic E-state index is 11.9. The fraction of sp³-hybridized carbons (Fsp3) is 0.273. The average Bonchev–Trinajstić information content (AvgIpc) is 2.70. The van der Waals surface area contributed by atoms with Gasteiger partial charge in [-0.15, -0.1) is 0 Å². The van der Waals surface area contributed by atoms with Crippen LogP contribution in [0.2, 0.25) is 0 Å². The summed E-state index contributed by atoms with van der Waals surface area (Å²) in [4.78, 5) is 16.1. The van der Waals surface area contributed by atoms with E-state index in [1.54, 1.807) is 11.8 Å². The van der Waals surface area contributed by atoms with Gasteiger partial charge in [0.25, 0.3) is 5.91 Å². The van der Waals surface area contributed by atoms with Crippen molar-refractivity contribution in [3.8, 4) is 0 Å². The Morgan fingerprint density at radius 2 is 2.38 bits per heavy atom. The van der Waals surface area contributed by atoms with E-state index in [1.807, 2.05) is 25.1 Å². The number of carbonyl (C=O) groups excluding carboxylic acids is 1. The van der Waals surface area contributed by atoms with Gasteiger partial charge >= 0.3 is 0 Å². The predicted molar refractivity (Wildman–Crippen MR) is 71.1 cm³/mol. The molecule has 0 atom stereocenters. The molecule has 5 heteroatoms. The molecule has 3 nitrogen and oxygen atoms in total. The number of amidine groups is 1. The molecule has 1 aromatic rings. The molecule has 0 saturated heterocycles. The number of thioether (sulfide) groups is 1. The molecule has 1 amide bonds. The van der Waals surface area contributed by atoms with Crippen LogP contribution in [0.5, 0.6) is 0 Å². The molecule has 1 aromatic carbocycles. The second-order valence-electron chi connectivity index (χ2n) is 3.45. The molecule has 0 radical (unpaired) electrons. The molecule has 0 bridgehead atoms. The number of aryl methyl sites for hydroxylation is 1. The maximum atomic E-state index is 11.9. The smallest absolute Gasteiger partial charge is 0.257 e. The fourth-order valence-electron chi connectivity index (χ4n) is 1.46. The van der Waals surface area contributed by atoms with Gasteiger partial charge in [-0.3, -0.25) is 9.79 Å². The zero-order valence-electron chi connectivity index (χ0n) is 8.79. The minimum absolute atomic E-state index is 0.0850. The molecule has 0 unspecified atom stereocenters. The van der Waals surface area contributed by atoms with E-state index in [0.717, 1.165) is 27.5 Å². The summed E-state index contributed by atoms with van der Waals surface area (Å²) in [6.45, 7) is 2.71. The summed E-state index contributed by atoms with van der Waals surface area (Å²) in [5.74, 6) is 0.868. The maximum Gasteiger partial charge on any atom is 0.257 e. The van der Waals surface area contributed by atoms with Crippen molar-refractivity contribution in [1.29, 1.82) is 0 Å². The summed E-state index contributed by atoms with van der Waals surface area (Å²) < 4.78 is 0.981. The molecule has 1 aliphatic heterocycles. The zero-order valence-corrected chi connectivity index (χ0v) is 11.2. The number of rotatable bonds is 1. The van der Waals surface area contributed by atoms with Crippen molar-refractivity contribution in [3.05, 3.63) is 33.8 Å². The lowest BCUT2D eigenvalue weighted by molar-refractivity contribution is 0.0977. The summed E-state index contributed by atoms with van der Waals surface area (Å²) in [6.07, 6.45) is 0. The zero-order chi connectivity index (χ0) is 11.5. The van der Waals surface area contributed by atoms with Gasteiger partial charge in [0.1, 0.15) is 0 Å². The van der Waals surface area contributed by atoms with Gasteiger partial charge in [-0.25, -0.2) is 0 Å². The van der Waals surface area contributed by atoms with Gasteiger partial charge in [0.15, 0.2) is 5.17 Å². The summed E-state index contributed by atoms with van der Waals surface area (Å²) in [5.41, 5.74) is 1.65. The molecule has 0 aliphatic carbocycles. The number of amides is 1. The number of aliphatic imine (C=N–C) groups is 1. The first-order valence-corrected chi connectivity index (χ1v) is 6.69. The molecule has 0 spiro atoms. The highest BCUT2D eigenvalue weighted by atomic mass is 79.9. The van der Waals surface area contributed by atoms with Gasteiger partial charge in [0.2, 0.25) is 0 Å². The Morgan fingerprint density at radius 1 is 1.56 bits per heavy atom. The normalized spacial score (nSPS) is 14.8. The minimum atomic E-state index is -0.0850. The van der Waals surface area contributed by atoms with E-state index in [2.05, 4.69) is 26.2 Å². The molecule has 1 aliphatic rings. The van der Waals surface area contributed by atoms with Gasteiger partial charge in [0.05, 0.1) is 6.54 Å². The van der Waals surface area contributed by atoms with Crippen LogP contribution in [0.3, 0.4) is 0 Å². The summed E-state index contributed by atoms with van der Waals surface area (Å²) in [5, 5.41) is 3.54. The summed E-state index contributed by atoms with van der Waals surface area (Å²) in [6, 6.07) is 5.61. The van der Waals surface area contributed by atoms with Gasteiger partial charge < -0.3 is 5.32 Å². The van der Waals surface area contributed by atoms with Crippen molar-refractivity contribution in [1.82, 2.24) is 5.32 Å². The number of hydrogen-bond donors (Lipinski definition) is 1. The second-order valence-corrected chi connectivity index (χ2v) is 5.45. The van der Waals surface area contributed by atoms with Crippen LogP contribution in [0.1, 0.15) is 15.9 Å². The van der Waals surface area contributed by atoms with Crippen LogP contribution in [-0.4, -0.2) is 23.4 Å². The Balaban J connectivity index is 2.14. The van der Waals surface area contributed by atoms with Crippen LogP contribution < -0.4 is 5.32 Å². The van der Waals surface area contributed by atoms with E-state index in [9.17, 15) is 4.79 Å². The molecular formula is C11H11BrN2OS.